The second-order valence-electron chi connectivity index (χ2n) is 5.90. The quantitative estimate of drug-likeness (QED) is 0.860. The maximum absolute atomic E-state index is 12.9. The van der Waals surface area contributed by atoms with Crippen LogP contribution in [0.5, 0.6) is 0 Å². The molecular weight excluding hydrogens is 367 g/mol. The molecule has 0 atom stereocenters. The molecule has 0 aromatic heterocycles. The number of nitrogens with one attached hydrogen (secondary N) is 1. The highest BCUT2D eigenvalue weighted by molar-refractivity contribution is 7.92. The largest absolute Gasteiger partial charge is 0.339 e. The Morgan fingerprint density at radius 3 is 2.44 bits per heavy atom. The molecule has 1 aliphatic rings. The van der Waals surface area contributed by atoms with E-state index in [2.05, 4.69) is 4.72 Å². The normalized spacial score (nSPS) is 14.2. The molecule has 0 heterocycles. The van der Waals surface area contributed by atoms with Crippen molar-refractivity contribution in [3.05, 3.63) is 58.9 Å². The van der Waals surface area contributed by atoms with Gasteiger partial charge in [-0.3, -0.25) is 9.52 Å². The Bertz CT molecular complexity index is 912. The van der Waals surface area contributed by atoms with Crippen molar-refractivity contribution in [2.24, 2.45) is 0 Å². The van der Waals surface area contributed by atoms with Crippen LogP contribution in [0.1, 0.15) is 23.2 Å². The van der Waals surface area contributed by atoms with Crippen molar-refractivity contribution in [1.82, 2.24) is 4.90 Å². The summed E-state index contributed by atoms with van der Waals surface area (Å²) in [6.45, 7) is 0. The van der Waals surface area contributed by atoms with E-state index in [1.54, 1.807) is 11.9 Å². The first kappa shape index (κ1) is 17.7. The van der Waals surface area contributed by atoms with Crippen molar-refractivity contribution in [2.75, 3.05) is 11.8 Å². The van der Waals surface area contributed by atoms with E-state index in [9.17, 15) is 17.6 Å². The van der Waals surface area contributed by atoms with Crippen LogP contribution < -0.4 is 4.72 Å². The van der Waals surface area contributed by atoms with Gasteiger partial charge < -0.3 is 4.90 Å². The fourth-order valence-corrected chi connectivity index (χ4v) is 3.67. The lowest BCUT2D eigenvalue weighted by Gasteiger charge is -2.18. The van der Waals surface area contributed by atoms with Crippen LogP contribution in [0.25, 0.3) is 0 Å². The highest BCUT2D eigenvalue weighted by Crippen LogP contribution is 2.29. The molecule has 1 N–H and O–H groups in total. The van der Waals surface area contributed by atoms with Crippen molar-refractivity contribution < 1.29 is 17.6 Å². The molecule has 0 radical (unpaired) electrons. The molecule has 3 rings (SSSR count). The van der Waals surface area contributed by atoms with Crippen LogP contribution in [0, 0.1) is 5.82 Å². The molecular formula is C17H16ClFN2O3S. The number of carbonyl (C=O) groups excluding carboxylic acids is 1. The van der Waals surface area contributed by atoms with Gasteiger partial charge in [-0.05, 0) is 55.3 Å². The molecule has 0 spiro atoms. The van der Waals surface area contributed by atoms with Gasteiger partial charge in [0.2, 0.25) is 0 Å². The van der Waals surface area contributed by atoms with E-state index in [0.29, 0.717) is 0 Å². The summed E-state index contributed by atoms with van der Waals surface area (Å²) in [6.07, 6.45) is 1.87. The third kappa shape index (κ3) is 3.93. The van der Waals surface area contributed by atoms with Crippen LogP contribution in [0.4, 0.5) is 10.1 Å². The number of carbonyl (C=O) groups is 1. The number of nitrogens with zero attached hydrogens (tertiary/aromatic N) is 1. The van der Waals surface area contributed by atoms with Crippen LogP contribution in [0.15, 0.2) is 47.4 Å². The molecule has 1 fully saturated rings. The molecule has 0 aliphatic heterocycles. The number of halogens is 2. The number of hydrogen-bond acceptors (Lipinski definition) is 3. The second-order valence-corrected chi connectivity index (χ2v) is 7.99. The van der Waals surface area contributed by atoms with Gasteiger partial charge in [-0.25, -0.2) is 12.8 Å². The van der Waals surface area contributed by atoms with Crippen LogP contribution in [-0.2, 0) is 10.0 Å². The molecule has 0 saturated heterocycles. The fourth-order valence-electron chi connectivity index (χ4n) is 2.39. The Balaban J connectivity index is 1.89. The first-order chi connectivity index (χ1) is 11.8. The van der Waals surface area contributed by atoms with E-state index in [1.165, 1.54) is 30.3 Å². The summed E-state index contributed by atoms with van der Waals surface area (Å²) in [4.78, 5) is 14.0. The Labute approximate surface area is 150 Å². The van der Waals surface area contributed by atoms with Crippen LogP contribution in [0.2, 0.25) is 5.02 Å². The van der Waals surface area contributed by atoms with E-state index < -0.39 is 15.8 Å². The van der Waals surface area contributed by atoms with E-state index in [0.717, 1.165) is 25.0 Å². The highest BCUT2D eigenvalue weighted by Gasteiger charge is 2.31. The Morgan fingerprint density at radius 1 is 1.20 bits per heavy atom. The maximum atomic E-state index is 12.9. The van der Waals surface area contributed by atoms with E-state index in [1.807, 2.05) is 0 Å². The molecule has 2 aromatic rings. The van der Waals surface area contributed by atoms with Crippen molar-refractivity contribution >= 4 is 33.2 Å². The minimum absolute atomic E-state index is 0.0891. The highest BCUT2D eigenvalue weighted by atomic mass is 35.5. The zero-order chi connectivity index (χ0) is 18.2. The number of benzene rings is 2. The summed E-state index contributed by atoms with van der Waals surface area (Å²) in [5, 5.41) is 0.193. The summed E-state index contributed by atoms with van der Waals surface area (Å²) < 4.78 is 40.3. The second kappa shape index (κ2) is 6.65. The monoisotopic (exact) mass is 382 g/mol. The molecule has 0 bridgehead atoms. The topological polar surface area (TPSA) is 66.5 Å². The van der Waals surface area contributed by atoms with Gasteiger partial charge in [-0.2, -0.15) is 0 Å². The number of anilines is 1. The van der Waals surface area contributed by atoms with Crippen molar-refractivity contribution in [2.45, 2.75) is 23.8 Å². The number of rotatable bonds is 5. The number of hydrogen-bond donors (Lipinski definition) is 1. The Kier molecular flexibility index (Phi) is 4.71. The standard InChI is InChI=1S/C17H16ClFN2O3S/c1-21(13-6-7-13)17(22)15-10-14(8-9-16(15)18)25(23,24)20-12-4-2-11(19)3-5-12/h2-5,8-10,13,20H,6-7H2,1H3. The van der Waals surface area contributed by atoms with E-state index >= 15 is 0 Å². The van der Waals surface area contributed by atoms with E-state index in [-0.39, 0.29) is 33.1 Å². The van der Waals surface area contributed by atoms with Crippen molar-refractivity contribution in [3.63, 3.8) is 0 Å². The Hall–Kier alpha value is -2.12. The first-order valence-electron chi connectivity index (χ1n) is 7.63. The summed E-state index contributed by atoms with van der Waals surface area (Å²) >= 11 is 6.08. The minimum atomic E-state index is -3.93. The summed E-state index contributed by atoms with van der Waals surface area (Å²) in [7, 11) is -2.26. The van der Waals surface area contributed by atoms with Crippen molar-refractivity contribution in [3.8, 4) is 0 Å². The summed E-state index contributed by atoms with van der Waals surface area (Å²) in [5.74, 6) is -0.781. The van der Waals surface area contributed by atoms with Gasteiger partial charge in [-0.15, -0.1) is 0 Å². The number of sulfonamides is 1. The van der Waals surface area contributed by atoms with Gasteiger partial charge in [0.25, 0.3) is 15.9 Å². The molecule has 0 unspecified atom stereocenters. The number of amides is 1. The first-order valence-corrected chi connectivity index (χ1v) is 9.49. The van der Waals surface area contributed by atoms with Gasteiger partial charge in [0.1, 0.15) is 5.82 Å². The molecule has 1 amide bonds. The predicted molar refractivity (Wildman–Crippen MR) is 93.8 cm³/mol. The van der Waals surface area contributed by atoms with Gasteiger partial charge in [-0.1, -0.05) is 11.6 Å². The molecule has 1 aliphatic carbocycles. The Morgan fingerprint density at radius 2 is 1.84 bits per heavy atom. The van der Waals surface area contributed by atoms with Crippen LogP contribution in [0.3, 0.4) is 0 Å². The van der Waals surface area contributed by atoms with Crippen LogP contribution in [-0.4, -0.2) is 32.3 Å². The molecule has 8 heteroatoms. The molecule has 25 heavy (non-hydrogen) atoms. The fraction of sp³-hybridized carbons (Fsp3) is 0.235. The predicted octanol–water partition coefficient (Wildman–Crippen LogP) is 3.51. The third-order valence-corrected chi connectivity index (χ3v) is 5.70. The van der Waals surface area contributed by atoms with E-state index in [4.69, 9.17) is 11.6 Å². The minimum Gasteiger partial charge on any atom is -0.339 e. The zero-order valence-electron chi connectivity index (χ0n) is 13.4. The molecule has 1 saturated carbocycles. The lowest BCUT2D eigenvalue weighted by Crippen LogP contribution is -2.29. The summed E-state index contributed by atoms with van der Waals surface area (Å²) in [5.41, 5.74) is 0.359. The van der Waals surface area contributed by atoms with Gasteiger partial charge in [0.05, 0.1) is 15.5 Å². The average molecular weight is 383 g/mol. The zero-order valence-corrected chi connectivity index (χ0v) is 14.9. The maximum Gasteiger partial charge on any atom is 0.261 e. The van der Waals surface area contributed by atoms with Gasteiger partial charge in [0, 0.05) is 18.8 Å². The average Bonchev–Trinajstić information content (AvgIpc) is 3.40. The smallest absolute Gasteiger partial charge is 0.261 e. The molecule has 5 nitrogen and oxygen atoms in total. The van der Waals surface area contributed by atoms with Crippen LogP contribution >= 0.6 is 11.6 Å². The summed E-state index contributed by atoms with van der Waals surface area (Å²) in [6, 6.07) is 9.08. The lowest BCUT2D eigenvalue weighted by molar-refractivity contribution is 0.0785. The van der Waals surface area contributed by atoms with Gasteiger partial charge in [0.15, 0.2) is 0 Å². The SMILES string of the molecule is CN(C(=O)c1cc(S(=O)(=O)Nc2ccc(F)cc2)ccc1Cl)C1CC1. The molecule has 2 aromatic carbocycles. The molecule has 132 valence electrons. The van der Waals surface area contributed by atoms with Gasteiger partial charge >= 0.3 is 0 Å². The van der Waals surface area contributed by atoms with Crippen molar-refractivity contribution in [1.29, 1.82) is 0 Å². The lowest BCUT2D eigenvalue weighted by atomic mass is 10.2. The third-order valence-electron chi connectivity index (χ3n) is 3.99.